The topological polar surface area (TPSA) is 46.5 Å². The van der Waals surface area contributed by atoms with E-state index in [1.54, 1.807) is 24.3 Å². The second-order valence-corrected chi connectivity index (χ2v) is 4.68. The third kappa shape index (κ3) is 3.40. The van der Waals surface area contributed by atoms with E-state index in [0.717, 1.165) is 5.56 Å². The Morgan fingerprint density at radius 3 is 2.42 bits per heavy atom. The number of carboxylic acid groups (broad SMARTS) is 1. The van der Waals surface area contributed by atoms with Crippen molar-refractivity contribution in [1.29, 1.82) is 0 Å². The van der Waals surface area contributed by atoms with E-state index in [1.807, 2.05) is 12.1 Å². The predicted molar refractivity (Wildman–Crippen MR) is 74.2 cm³/mol. The first kappa shape index (κ1) is 13.7. The fourth-order valence-electron chi connectivity index (χ4n) is 1.57. The lowest BCUT2D eigenvalue weighted by Crippen LogP contribution is -2.04. The molecule has 0 fully saturated rings. The number of benzene rings is 2. The van der Waals surface area contributed by atoms with E-state index in [1.165, 1.54) is 6.07 Å². The van der Waals surface area contributed by atoms with Gasteiger partial charge in [0.25, 0.3) is 0 Å². The molecule has 5 heteroatoms. The molecule has 19 heavy (non-hydrogen) atoms. The van der Waals surface area contributed by atoms with Crippen molar-refractivity contribution < 1.29 is 14.6 Å². The van der Waals surface area contributed by atoms with Crippen molar-refractivity contribution in [1.82, 2.24) is 0 Å². The van der Waals surface area contributed by atoms with Gasteiger partial charge in [-0.1, -0.05) is 41.4 Å². The maximum absolute atomic E-state index is 11.1. The monoisotopic (exact) mass is 296 g/mol. The first-order valence-electron chi connectivity index (χ1n) is 5.47. The molecule has 1 N–H and O–H groups in total. The number of hydrogen-bond donors (Lipinski definition) is 1. The van der Waals surface area contributed by atoms with Crippen molar-refractivity contribution in [2.24, 2.45) is 0 Å². The van der Waals surface area contributed by atoms with Crippen molar-refractivity contribution in [3.05, 3.63) is 63.6 Å². The molecular weight excluding hydrogens is 287 g/mol. The van der Waals surface area contributed by atoms with Crippen molar-refractivity contribution in [2.75, 3.05) is 0 Å². The smallest absolute Gasteiger partial charge is 0.341 e. The molecule has 2 rings (SSSR count). The van der Waals surface area contributed by atoms with E-state index in [9.17, 15) is 4.79 Å². The second-order valence-electron chi connectivity index (χ2n) is 3.83. The number of ether oxygens (including phenoxy) is 1. The molecular formula is C14H10Cl2O3. The zero-order valence-electron chi connectivity index (χ0n) is 9.77. The number of rotatable bonds is 4. The highest BCUT2D eigenvalue weighted by atomic mass is 35.5. The minimum atomic E-state index is -1.11. The summed E-state index contributed by atoms with van der Waals surface area (Å²) >= 11 is 11.6. The summed E-state index contributed by atoms with van der Waals surface area (Å²) in [5.41, 5.74) is 0.860. The fourth-order valence-corrected chi connectivity index (χ4v) is 1.95. The Bertz CT molecular complexity index is 594. The van der Waals surface area contributed by atoms with Crippen molar-refractivity contribution >= 4 is 29.2 Å². The van der Waals surface area contributed by atoms with Gasteiger partial charge in [-0.2, -0.15) is 0 Å². The molecule has 0 bridgehead atoms. The molecule has 0 saturated heterocycles. The number of carboxylic acids is 1. The van der Waals surface area contributed by atoms with E-state index in [-0.39, 0.29) is 22.9 Å². The van der Waals surface area contributed by atoms with Crippen LogP contribution in [0.1, 0.15) is 15.9 Å². The molecule has 0 aromatic heterocycles. The van der Waals surface area contributed by atoms with Crippen LogP contribution in [-0.4, -0.2) is 11.1 Å². The van der Waals surface area contributed by atoms with E-state index in [0.29, 0.717) is 5.02 Å². The predicted octanol–water partition coefficient (Wildman–Crippen LogP) is 4.27. The van der Waals surface area contributed by atoms with Crippen LogP contribution in [0.15, 0.2) is 42.5 Å². The first-order chi connectivity index (χ1) is 9.08. The van der Waals surface area contributed by atoms with Gasteiger partial charge in [0.2, 0.25) is 0 Å². The molecule has 98 valence electrons. The van der Waals surface area contributed by atoms with Gasteiger partial charge in [0.15, 0.2) is 0 Å². The quantitative estimate of drug-likeness (QED) is 0.916. The summed E-state index contributed by atoms with van der Waals surface area (Å²) < 4.78 is 5.50. The summed E-state index contributed by atoms with van der Waals surface area (Å²) in [6, 6.07) is 11.9. The highest BCUT2D eigenvalue weighted by Gasteiger charge is 2.15. The molecule has 0 aliphatic carbocycles. The fraction of sp³-hybridized carbons (Fsp3) is 0.0714. The zero-order chi connectivity index (χ0) is 13.8. The minimum absolute atomic E-state index is 0.0295. The molecule has 0 amide bonds. The summed E-state index contributed by atoms with van der Waals surface area (Å²) in [6.45, 7) is 0.248. The highest BCUT2D eigenvalue weighted by Crippen LogP contribution is 2.27. The molecule has 2 aromatic carbocycles. The largest absolute Gasteiger partial charge is 0.488 e. The normalized spacial score (nSPS) is 10.2. The van der Waals surface area contributed by atoms with Gasteiger partial charge in [0.05, 0.1) is 5.02 Å². The third-order valence-corrected chi connectivity index (χ3v) is 3.06. The average molecular weight is 297 g/mol. The van der Waals surface area contributed by atoms with Gasteiger partial charge < -0.3 is 9.84 Å². The van der Waals surface area contributed by atoms with Gasteiger partial charge in [-0.15, -0.1) is 0 Å². The lowest BCUT2D eigenvalue weighted by atomic mass is 10.2. The zero-order valence-corrected chi connectivity index (χ0v) is 11.3. The molecule has 0 spiro atoms. The van der Waals surface area contributed by atoms with Gasteiger partial charge in [-0.3, -0.25) is 0 Å². The van der Waals surface area contributed by atoms with Gasteiger partial charge >= 0.3 is 5.97 Å². The number of hydrogen-bond acceptors (Lipinski definition) is 2. The Morgan fingerprint density at radius 1 is 1.11 bits per heavy atom. The molecule has 2 aromatic rings. The van der Waals surface area contributed by atoms with E-state index >= 15 is 0 Å². The standard InChI is InChI=1S/C14H10Cl2O3/c15-10-6-4-9(5-7-10)8-19-12-3-1-2-11(16)13(12)14(17)18/h1-7H,8H2,(H,17,18). The second kappa shape index (κ2) is 5.95. The van der Waals surface area contributed by atoms with Crippen LogP contribution in [0.3, 0.4) is 0 Å². The summed E-state index contributed by atoms with van der Waals surface area (Å²) in [4.78, 5) is 11.1. The van der Waals surface area contributed by atoms with Crippen LogP contribution >= 0.6 is 23.2 Å². The lowest BCUT2D eigenvalue weighted by Gasteiger charge is -2.10. The van der Waals surface area contributed by atoms with Crippen LogP contribution in [0.5, 0.6) is 5.75 Å². The van der Waals surface area contributed by atoms with Crippen LogP contribution in [0.2, 0.25) is 10.0 Å². The number of halogens is 2. The molecule has 0 unspecified atom stereocenters. The summed E-state index contributed by atoms with van der Waals surface area (Å²) in [5.74, 6) is -0.869. The SMILES string of the molecule is O=C(O)c1c(Cl)cccc1OCc1ccc(Cl)cc1. The minimum Gasteiger partial charge on any atom is -0.488 e. The Labute approximate surface area is 120 Å². The number of carbonyl (C=O) groups is 1. The maximum Gasteiger partial charge on any atom is 0.341 e. The highest BCUT2D eigenvalue weighted by molar-refractivity contribution is 6.33. The Hall–Kier alpha value is -1.71. The van der Waals surface area contributed by atoms with Crippen LogP contribution in [0.4, 0.5) is 0 Å². The van der Waals surface area contributed by atoms with Gasteiger partial charge in [-0.05, 0) is 29.8 Å². The maximum atomic E-state index is 11.1. The van der Waals surface area contributed by atoms with Gasteiger partial charge in [0.1, 0.15) is 17.9 Å². The van der Waals surface area contributed by atoms with Crippen LogP contribution in [-0.2, 0) is 6.61 Å². The van der Waals surface area contributed by atoms with Crippen LogP contribution in [0, 0.1) is 0 Å². The summed E-state index contributed by atoms with van der Waals surface area (Å²) in [6.07, 6.45) is 0. The molecule has 0 heterocycles. The molecule has 0 atom stereocenters. The van der Waals surface area contributed by atoms with Gasteiger partial charge in [-0.25, -0.2) is 4.79 Å². The van der Waals surface area contributed by atoms with Crippen LogP contribution < -0.4 is 4.74 Å². The molecule has 0 saturated carbocycles. The Balaban J connectivity index is 2.18. The molecule has 0 radical (unpaired) electrons. The van der Waals surface area contributed by atoms with E-state index in [2.05, 4.69) is 0 Å². The Morgan fingerprint density at radius 2 is 1.79 bits per heavy atom. The average Bonchev–Trinajstić information content (AvgIpc) is 2.37. The van der Waals surface area contributed by atoms with Crippen molar-refractivity contribution in [3.63, 3.8) is 0 Å². The third-order valence-electron chi connectivity index (χ3n) is 2.50. The first-order valence-corrected chi connectivity index (χ1v) is 6.22. The number of aromatic carboxylic acids is 1. The Kier molecular flexibility index (Phi) is 4.30. The van der Waals surface area contributed by atoms with E-state index < -0.39 is 5.97 Å². The van der Waals surface area contributed by atoms with E-state index in [4.69, 9.17) is 33.0 Å². The molecule has 0 aliphatic heterocycles. The van der Waals surface area contributed by atoms with Crippen molar-refractivity contribution in [2.45, 2.75) is 6.61 Å². The van der Waals surface area contributed by atoms with Gasteiger partial charge in [0, 0.05) is 5.02 Å². The molecule has 3 nitrogen and oxygen atoms in total. The summed E-state index contributed by atoms with van der Waals surface area (Å²) in [7, 11) is 0. The molecule has 0 aliphatic rings. The van der Waals surface area contributed by atoms with Crippen LogP contribution in [0.25, 0.3) is 0 Å². The van der Waals surface area contributed by atoms with Crippen molar-refractivity contribution in [3.8, 4) is 5.75 Å². The lowest BCUT2D eigenvalue weighted by molar-refractivity contribution is 0.0692. The summed E-state index contributed by atoms with van der Waals surface area (Å²) in [5, 5.41) is 9.89.